The molecule has 1 amide bonds. The lowest BCUT2D eigenvalue weighted by molar-refractivity contribution is -0.0423. The number of carbonyl (C=O) groups is 1. The molecule has 2 rings (SSSR count). The zero-order valence-electron chi connectivity index (χ0n) is 9.83. The van der Waals surface area contributed by atoms with Crippen LogP contribution in [-0.2, 0) is 11.3 Å². The fourth-order valence-electron chi connectivity index (χ4n) is 2.10. The molecule has 0 unspecified atom stereocenters. The molecule has 2 heterocycles. The molecule has 1 atom stereocenters. The number of aromatic nitrogens is 2. The largest absolute Gasteiger partial charge is 0.465 e. The lowest BCUT2D eigenvalue weighted by Crippen LogP contribution is -2.48. The van der Waals surface area contributed by atoms with Gasteiger partial charge in [0.2, 0.25) is 0 Å². The van der Waals surface area contributed by atoms with E-state index in [2.05, 4.69) is 5.10 Å². The van der Waals surface area contributed by atoms with Crippen molar-refractivity contribution >= 4 is 11.9 Å². The highest BCUT2D eigenvalue weighted by atomic mass is 16.5. The molecule has 0 saturated carbocycles. The van der Waals surface area contributed by atoms with Gasteiger partial charge in [0, 0.05) is 6.20 Å². The number of hydrogen-bond acceptors (Lipinski definition) is 4. The summed E-state index contributed by atoms with van der Waals surface area (Å²) in [6.07, 6.45) is 0.735. The lowest BCUT2D eigenvalue weighted by Gasteiger charge is -2.30. The fraction of sp³-hybridized carbons (Fsp3) is 0.600. The number of carboxylic acid groups (broad SMARTS) is 1. The van der Waals surface area contributed by atoms with Crippen LogP contribution in [0.2, 0.25) is 0 Å². The normalized spacial score (nSPS) is 22.9. The first-order valence-corrected chi connectivity index (χ1v) is 5.35. The van der Waals surface area contributed by atoms with Gasteiger partial charge >= 0.3 is 6.09 Å². The molecule has 1 fully saturated rings. The second-order valence-corrected chi connectivity index (χ2v) is 4.53. The predicted octanol–water partition coefficient (Wildman–Crippen LogP) is 0.580. The summed E-state index contributed by atoms with van der Waals surface area (Å²) in [5.41, 5.74) is 4.71. The zero-order valence-corrected chi connectivity index (χ0v) is 9.83. The van der Waals surface area contributed by atoms with Gasteiger partial charge in [0.05, 0.1) is 19.2 Å². The van der Waals surface area contributed by atoms with Crippen molar-refractivity contribution < 1.29 is 14.6 Å². The van der Waals surface area contributed by atoms with E-state index >= 15 is 0 Å². The minimum absolute atomic E-state index is 0.248. The average molecular weight is 240 g/mol. The van der Waals surface area contributed by atoms with Gasteiger partial charge in [-0.05, 0) is 19.9 Å². The van der Waals surface area contributed by atoms with Crippen LogP contribution in [0.25, 0.3) is 0 Å². The third-order valence-corrected chi connectivity index (χ3v) is 2.84. The van der Waals surface area contributed by atoms with Crippen LogP contribution in [-0.4, -0.2) is 44.3 Å². The zero-order chi connectivity index (χ0) is 12.6. The van der Waals surface area contributed by atoms with Crippen LogP contribution < -0.4 is 5.73 Å². The van der Waals surface area contributed by atoms with E-state index in [4.69, 9.17) is 10.5 Å². The van der Waals surface area contributed by atoms with E-state index < -0.39 is 11.8 Å². The van der Waals surface area contributed by atoms with Gasteiger partial charge in [-0.1, -0.05) is 0 Å². The molecule has 0 radical (unpaired) electrons. The Bertz CT molecular complexity index is 429. The number of ether oxygens (including phenoxy) is 1. The topological polar surface area (TPSA) is 93.6 Å². The molecule has 7 nitrogen and oxygen atoms in total. The summed E-state index contributed by atoms with van der Waals surface area (Å²) < 4.78 is 7.10. The monoisotopic (exact) mass is 240 g/mol. The van der Waals surface area contributed by atoms with Crippen molar-refractivity contribution in [1.82, 2.24) is 14.7 Å². The number of anilines is 1. The summed E-state index contributed by atoms with van der Waals surface area (Å²) in [7, 11) is 0. The maximum Gasteiger partial charge on any atom is 0.409 e. The van der Waals surface area contributed by atoms with Gasteiger partial charge in [-0.25, -0.2) is 4.79 Å². The number of nitrogens with two attached hydrogens (primary N) is 1. The first kappa shape index (κ1) is 11.7. The smallest absolute Gasteiger partial charge is 0.409 e. The lowest BCUT2D eigenvalue weighted by atomic mass is 10.2. The Morgan fingerprint density at radius 1 is 1.76 bits per heavy atom. The second kappa shape index (κ2) is 3.92. The summed E-state index contributed by atoms with van der Waals surface area (Å²) in [5.74, 6) is 0.421. The molecule has 1 saturated heterocycles. The van der Waals surface area contributed by atoms with Crippen molar-refractivity contribution in [2.45, 2.75) is 32.2 Å². The van der Waals surface area contributed by atoms with Crippen LogP contribution in [0.1, 0.15) is 13.8 Å². The van der Waals surface area contributed by atoms with Crippen molar-refractivity contribution in [3.63, 3.8) is 0 Å². The first-order valence-electron chi connectivity index (χ1n) is 5.35. The first-order chi connectivity index (χ1) is 7.90. The molecule has 0 aromatic carbocycles. The number of amides is 1. The van der Waals surface area contributed by atoms with Crippen LogP contribution in [0, 0.1) is 0 Å². The van der Waals surface area contributed by atoms with Crippen molar-refractivity contribution in [2.24, 2.45) is 0 Å². The molecular weight excluding hydrogens is 224 g/mol. The molecule has 1 aromatic rings. The molecule has 17 heavy (non-hydrogen) atoms. The average Bonchev–Trinajstić information content (AvgIpc) is 2.71. The third kappa shape index (κ3) is 2.19. The maximum atomic E-state index is 11.2. The molecule has 0 bridgehead atoms. The Labute approximate surface area is 98.8 Å². The van der Waals surface area contributed by atoms with E-state index in [1.54, 1.807) is 30.8 Å². The minimum atomic E-state index is -0.988. The van der Waals surface area contributed by atoms with Crippen LogP contribution >= 0.6 is 0 Å². The summed E-state index contributed by atoms with van der Waals surface area (Å²) in [4.78, 5) is 12.5. The summed E-state index contributed by atoms with van der Waals surface area (Å²) in [6, 6.07) is 1.42. The molecule has 94 valence electrons. The molecule has 0 spiro atoms. The maximum absolute atomic E-state index is 11.2. The fourth-order valence-corrected chi connectivity index (χ4v) is 2.10. The SMILES string of the molecule is CC1(C)OC[C@@H](Cn2ccc(N)n2)N1C(=O)O. The Kier molecular flexibility index (Phi) is 2.70. The molecule has 1 aromatic heterocycles. The molecule has 7 heteroatoms. The summed E-state index contributed by atoms with van der Waals surface area (Å²) in [6.45, 7) is 4.27. The number of nitrogen functional groups attached to an aromatic ring is 1. The van der Waals surface area contributed by atoms with Gasteiger partial charge in [-0.2, -0.15) is 5.10 Å². The highest BCUT2D eigenvalue weighted by Gasteiger charge is 2.44. The highest BCUT2D eigenvalue weighted by Crippen LogP contribution is 2.27. The quantitative estimate of drug-likeness (QED) is 0.788. The molecular formula is C10H16N4O3. The minimum Gasteiger partial charge on any atom is -0.465 e. The summed E-state index contributed by atoms with van der Waals surface area (Å²) >= 11 is 0. The Balaban J connectivity index is 2.13. The second-order valence-electron chi connectivity index (χ2n) is 4.53. The summed E-state index contributed by atoms with van der Waals surface area (Å²) in [5, 5.41) is 13.2. The number of hydrogen-bond donors (Lipinski definition) is 2. The van der Waals surface area contributed by atoms with Gasteiger partial charge < -0.3 is 15.6 Å². The van der Waals surface area contributed by atoms with Crippen LogP contribution in [0.15, 0.2) is 12.3 Å². The van der Waals surface area contributed by atoms with E-state index in [9.17, 15) is 9.90 Å². The number of rotatable bonds is 2. The van der Waals surface area contributed by atoms with Crippen LogP contribution in [0.4, 0.5) is 10.6 Å². The van der Waals surface area contributed by atoms with Gasteiger partial charge in [-0.3, -0.25) is 9.58 Å². The Hall–Kier alpha value is -1.76. The molecule has 1 aliphatic rings. The Morgan fingerprint density at radius 2 is 2.47 bits per heavy atom. The highest BCUT2D eigenvalue weighted by molar-refractivity contribution is 5.66. The van der Waals surface area contributed by atoms with Crippen molar-refractivity contribution in [3.05, 3.63) is 12.3 Å². The third-order valence-electron chi connectivity index (χ3n) is 2.84. The van der Waals surface area contributed by atoms with E-state index in [1.165, 1.54) is 4.90 Å². The molecule has 0 aliphatic carbocycles. The van der Waals surface area contributed by atoms with E-state index in [0.29, 0.717) is 19.0 Å². The Morgan fingerprint density at radius 3 is 3.00 bits per heavy atom. The van der Waals surface area contributed by atoms with Crippen LogP contribution in [0.3, 0.4) is 0 Å². The molecule has 1 aliphatic heterocycles. The standard InChI is InChI=1S/C10H16N4O3/c1-10(2)14(9(15)16)7(6-17-10)5-13-4-3-8(11)12-13/h3-4,7H,5-6H2,1-2H3,(H2,11,12)(H,15,16)/t7-/m1/s1. The van der Waals surface area contributed by atoms with Crippen molar-refractivity contribution in [2.75, 3.05) is 12.3 Å². The van der Waals surface area contributed by atoms with Crippen molar-refractivity contribution in [3.8, 4) is 0 Å². The number of nitrogens with zero attached hydrogens (tertiary/aromatic N) is 3. The molecule has 3 N–H and O–H groups in total. The van der Waals surface area contributed by atoms with Crippen molar-refractivity contribution in [1.29, 1.82) is 0 Å². The predicted molar refractivity (Wildman–Crippen MR) is 60.3 cm³/mol. The van der Waals surface area contributed by atoms with E-state index in [1.807, 2.05) is 0 Å². The van der Waals surface area contributed by atoms with Gasteiger partial charge in [0.1, 0.15) is 11.5 Å². The van der Waals surface area contributed by atoms with E-state index in [0.717, 1.165) is 0 Å². The van der Waals surface area contributed by atoms with Gasteiger partial charge in [0.15, 0.2) is 0 Å². The van der Waals surface area contributed by atoms with Gasteiger partial charge in [-0.15, -0.1) is 0 Å². The van der Waals surface area contributed by atoms with Gasteiger partial charge in [0.25, 0.3) is 0 Å². The van der Waals surface area contributed by atoms with Crippen LogP contribution in [0.5, 0.6) is 0 Å². The van der Waals surface area contributed by atoms with E-state index in [-0.39, 0.29) is 6.04 Å².